The molecule has 4 aliphatic rings. The molecule has 0 radical (unpaired) electrons. The number of carbonyl (C=O) groups excluding carboxylic acids is 2. The van der Waals surface area contributed by atoms with Crippen LogP contribution in [0.25, 0.3) is 10.9 Å². The summed E-state index contributed by atoms with van der Waals surface area (Å²) in [5.41, 5.74) is 2.39. The van der Waals surface area contributed by atoms with Gasteiger partial charge < -0.3 is 25.0 Å². The molecular formula is C36H35BrClN3O5. The summed E-state index contributed by atoms with van der Waals surface area (Å²) in [4.78, 5) is 44.2. The Labute approximate surface area is 280 Å². The van der Waals surface area contributed by atoms with Gasteiger partial charge in [0.1, 0.15) is 24.1 Å². The highest BCUT2D eigenvalue weighted by atomic mass is 79.9. The summed E-state index contributed by atoms with van der Waals surface area (Å²) in [6, 6.07) is 19.1. The van der Waals surface area contributed by atoms with Gasteiger partial charge in [-0.25, -0.2) is 4.79 Å². The molecule has 0 saturated heterocycles. The van der Waals surface area contributed by atoms with E-state index in [0.29, 0.717) is 46.5 Å². The molecule has 4 saturated carbocycles. The molecular weight excluding hydrogens is 670 g/mol. The second kappa shape index (κ2) is 12.8. The van der Waals surface area contributed by atoms with E-state index in [9.17, 15) is 19.5 Å². The van der Waals surface area contributed by atoms with E-state index >= 15 is 0 Å². The van der Waals surface area contributed by atoms with Gasteiger partial charge in [0.25, 0.3) is 0 Å². The molecule has 0 spiro atoms. The van der Waals surface area contributed by atoms with Crippen LogP contribution in [0.3, 0.4) is 0 Å². The number of carbonyl (C=O) groups is 3. The molecule has 8 rings (SSSR count). The third-order valence-electron chi connectivity index (χ3n) is 10.2. The standard InChI is InChI=1S/C36H35BrClN3O5/c37-29-4-2-1-3-23(29)18-46-27-8-5-20(6-9-27)17-41(19-42)34(31-28-10-7-26(38)16-30(28)39-33(31)36(44)45)35(43)40-32-24-12-21-11-22(14-24)15-25(32)13-21/h1-10,16,19,21-22,24-25,32,34,39H,11-15,17-18H2,(H,40,43)(H,44,45). The van der Waals surface area contributed by atoms with Crippen LogP contribution in [-0.2, 0) is 22.7 Å². The summed E-state index contributed by atoms with van der Waals surface area (Å²) in [6.45, 7) is 0.476. The molecule has 4 aliphatic carbocycles. The zero-order valence-electron chi connectivity index (χ0n) is 25.1. The lowest BCUT2D eigenvalue weighted by Gasteiger charge is -2.54. The number of aromatic amines is 1. The van der Waals surface area contributed by atoms with Crippen molar-refractivity contribution in [3.63, 3.8) is 0 Å². The van der Waals surface area contributed by atoms with Gasteiger partial charge in [0.15, 0.2) is 0 Å². The normalized spacial score (nSPS) is 23.7. The summed E-state index contributed by atoms with van der Waals surface area (Å²) in [6.07, 6.45) is 6.38. The Morgan fingerprint density at radius 3 is 2.37 bits per heavy atom. The Bertz CT molecular complexity index is 1760. The van der Waals surface area contributed by atoms with E-state index in [1.807, 2.05) is 48.5 Å². The van der Waals surface area contributed by atoms with Gasteiger partial charge in [-0.05, 0) is 91.7 Å². The molecule has 4 aromatic rings. The molecule has 3 aromatic carbocycles. The first-order chi connectivity index (χ1) is 22.3. The van der Waals surface area contributed by atoms with Crippen molar-refractivity contribution in [2.24, 2.45) is 23.7 Å². The minimum atomic E-state index is -1.22. The van der Waals surface area contributed by atoms with E-state index < -0.39 is 12.0 Å². The summed E-state index contributed by atoms with van der Waals surface area (Å²) in [7, 11) is 0. The average molecular weight is 705 g/mol. The predicted octanol–water partition coefficient (Wildman–Crippen LogP) is 7.50. The number of amides is 2. The SMILES string of the molecule is O=CN(Cc1ccc(OCc2ccccc2Br)cc1)C(C(=O)NC1C2CC3CC(C2)CC1C3)c1c(C(=O)O)[nH]c2cc(Cl)ccc12. The van der Waals surface area contributed by atoms with Crippen LogP contribution in [-0.4, -0.2) is 39.3 Å². The lowest BCUT2D eigenvalue weighted by molar-refractivity contribution is -0.136. The quantitative estimate of drug-likeness (QED) is 0.140. The average Bonchev–Trinajstić information content (AvgIpc) is 3.40. The number of carboxylic acid groups (broad SMARTS) is 1. The topological polar surface area (TPSA) is 112 Å². The first-order valence-corrected chi connectivity index (χ1v) is 17.0. The number of fused-ring (bicyclic) bond motifs is 1. The van der Waals surface area contributed by atoms with Crippen LogP contribution in [0.2, 0.25) is 5.02 Å². The zero-order valence-corrected chi connectivity index (χ0v) is 27.5. The van der Waals surface area contributed by atoms with Gasteiger partial charge in [-0.1, -0.05) is 63.9 Å². The molecule has 46 heavy (non-hydrogen) atoms. The van der Waals surface area contributed by atoms with Crippen molar-refractivity contribution in [3.8, 4) is 5.75 Å². The highest BCUT2D eigenvalue weighted by Crippen LogP contribution is 2.54. The van der Waals surface area contributed by atoms with Crippen molar-refractivity contribution in [1.82, 2.24) is 15.2 Å². The molecule has 4 fully saturated rings. The monoisotopic (exact) mass is 703 g/mol. The van der Waals surface area contributed by atoms with E-state index in [4.69, 9.17) is 16.3 Å². The number of hydrogen-bond donors (Lipinski definition) is 3. The van der Waals surface area contributed by atoms with E-state index in [1.165, 1.54) is 11.3 Å². The van der Waals surface area contributed by atoms with Gasteiger partial charge in [0, 0.05) is 44.1 Å². The molecule has 2 amide bonds. The van der Waals surface area contributed by atoms with Gasteiger partial charge in [-0.2, -0.15) is 0 Å². The first kappa shape index (κ1) is 30.8. The second-order valence-corrected chi connectivity index (χ2v) is 14.4. The van der Waals surface area contributed by atoms with Gasteiger partial charge in [-0.15, -0.1) is 0 Å². The van der Waals surface area contributed by atoms with Crippen LogP contribution in [0, 0.1) is 23.7 Å². The van der Waals surface area contributed by atoms with Gasteiger partial charge in [-0.3, -0.25) is 9.59 Å². The number of nitrogens with zero attached hydrogens (tertiary/aromatic N) is 1. The van der Waals surface area contributed by atoms with E-state index in [-0.39, 0.29) is 29.8 Å². The van der Waals surface area contributed by atoms with Crippen LogP contribution in [0.5, 0.6) is 5.75 Å². The number of aromatic nitrogens is 1. The molecule has 4 bridgehead atoms. The molecule has 1 heterocycles. The fourth-order valence-electron chi connectivity index (χ4n) is 8.36. The van der Waals surface area contributed by atoms with Gasteiger partial charge >= 0.3 is 5.97 Å². The number of halogens is 2. The molecule has 238 valence electrons. The summed E-state index contributed by atoms with van der Waals surface area (Å²) in [5.74, 6) is 1.37. The van der Waals surface area contributed by atoms with Crippen LogP contribution < -0.4 is 10.1 Å². The predicted molar refractivity (Wildman–Crippen MR) is 179 cm³/mol. The smallest absolute Gasteiger partial charge is 0.352 e. The van der Waals surface area contributed by atoms with Crippen molar-refractivity contribution in [1.29, 1.82) is 0 Å². The number of aromatic carboxylic acids is 1. The van der Waals surface area contributed by atoms with E-state index in [0.717, 1.165) is 53.1 Å². The van der Waals surface area contributed by atoms with E-state index in [2.05, 4.69) is 26.2 Å². The van der Waals surface area contributed by atoms with Crippen LogP contribution >= 0.6 is 27.5 Å². The maximum Gasteiger partial charge on any atom is 0.352 e. The largest absolute Gasteiger partial charge is 0.489 e. The van der Waals surface area contributed by atoms with Crippen molar-refractivity contribution >= 4 is 56.7 Å². The summed E-state index contributed by atoms with van der Waals surface area (Å²) in [5, 5.41) is 14.6. The van der Waals surface area contributed by atoms with E-state index in [1.54, 1.807) is 18.2 Å². The second-order valence-electron chi connectivity index (χ2n) is 13.1. The maximum absolute atomic E-state index is 14.4. The highest BCUT2D eigenvalue weighted by Gasteiger charge is 2.49. The number of benzene rings is 3. The van der Waals surface area contributed by atoms with Gasteiger partial charge in [0.05, 0.1) is 0 Å². The molecule has 1 unspecified atom stereocenters. The Morgan fingerprint density at radius 2 is 1.72 bits per heavy atom. The zero-order chi connectivity index (χ0) is 31.9. The molecule has 8 nitrogen and oxygen atoms in total. The van der Waals surface area contributed by atoms with Crippen molar-refractivity contribution in [2.45, 2.75) is 57.3 Å². The Morgan fingerprint density at radius 1 is 1.02 bits per heavy atom. The minimum absolute atomic E-state index is 0.0188. The number of hydrogen-bond acceptors (Lipinski definition) is 4. The molecule has 10 heteroatoms. The Kier molecular flexibility index (Phi) is 8.55. The lowest BCUT2D eigenvalue weighted by atomic mass is 9.54. The number of ether oxygens (including phenoxy) is 1. The van der Waals surface area contributed by atoms with Crippen molar-refractivity contribution in [2.75, 3.05) is 0 Å². The summed E-state index contributed by atoms with van der Waals surface area (Å²) >= 11 is 9.79. The fraction of sp³-hybridized carbons (Fsp3) is 0.361. The number of H-pyrrole nitrogens is 1. The molecule has 3 N–H and O–H groups in total. The number of rotatable bonds is 11. The van der Waals surface area contributed by atoms with Crippen molar-refractivity contribution < 1.29 is 24.2 Å². The maximum atomic E-state index is 14.4. The molecule has 1 atom stereocenters. The Balaban J connectivity index is 1.19. The van der Waals surface area contributed by atoms with Crippen LogP contribution in [0.15, 0.2) is 71.2 Å². The third kappa shape index (κ3) is 6.02. The lowest BCUT2D eigenvalue weighted by Crippen LogP contribution is -2.57. The third-order valence-corrected chi connectivity index (χ3v) is 11.2. The van der Waals surface area contributed by atoms with Crippen LogP contribution in [0.4, 0.5) is 0 Å². The fourth-order valence-corrected chi connectivity index (χ4v) is 8.93. The van der Waals surface area contributed by atoms with Crippen molar-refractivity contribution in [3.05, 3.63) is 98.6 Å². The summed E-state index contributed by atoms with van der Waals surface area (Å²) < 4.78 is 6.94. The first-order valence-electron chi connectivity index (χ1n) is 15.8. The highest BCUT2D eigenvalue weighted by molar-refractivity contribution is 9.10. The molecule has 0 aliphatic heterocycles. The molecule has 1 aromatic heterocycles. The minimum Gasteiger partial charge on any atom is -0.489 e. The van der Waals surface area contributed by atoms with Crippen LogP contribution in [0.1, 0.15) is 65.3 Å². The number of nitrogens with one attached hydrogen (secondary N) is 2. The van der Waals surface area contributed by atoms with Gasteiger partial charge in [0.2, 0.25) is 12.3 Å². The Hall–Kier alpha value is -3.82. The number of carboxylic acids is 1.